The molecule has 0 fully saturated rings. The van der Waals surface area contributed by atoms with Crippen molar-refractivity contribution in [3.8, 4) is 0 Å². The molecule has 0 saturated heterocycles. The van der Waals surface area contributed by atoms with Gasteiger partial charge in [-0.2, -0.15) is 5.10 Å². The maximum absolute atomic E-state index is 5.99. The number of rotatable bonds is 2. The molecule has 0 radical (unpaired) electrons. The molecule has 0 saturated carbocycles. The maximum Gasteiger partial charge on any atom is 0.111 e. The Morgan fingerprint density at radius 2 is 2.36 bits per heavy atom. The zero-order chi connectivity index (χ0) is 10.1. The first kappa shape index (κ1) is 9.49. The molecule has 0 spiro atoms. The van der Waals surface area contributed by atoms with Gasteiger partial charge >= 0.3 is 0 Å². The van der Waals surface area contributed by atoms with Crippen LogP contribution in [0.3, 0.4) is 0 Å². The number of nitrogens with zero attached hydrogens (tertiary/aromatic N) is 1. The van der Waals surface area contributed by atoms with Gasteiger partial charge in [0.05, 0.1) is 5.02 Å². The average molecular weight is 210 g/mol. The van der Waals surface area contributed by atoms with Crippen molar-refractivity contribution in [2.75, 3.05) is 0 Å². The number of para-hydroxylation sites is 1. The Bertz CT molecular complexity index is 448. The van der Waals surface area contributed by atoms with Crippen molar-refractivity contribution in [3.63, 3.8) is 0 Å². The third-order valence-corrected chi connectivity index (χ3v) is 2.45. The van der Waals surface area contributed by atoms with Gasteiger partial charge in [0.2, 0.25) is 0 Å². The maximum atomic E-state index is 5.99. The molecule has 0 bridgehead atoms. The second-order valence-corrected chi connectivity index (χ2v) is 3.93. The van der Waals surface area contributed by atoms with Crippen LogP contribution in [0.1, 0.15) is 12.6 Å². The normalized spacial score (nSPS) is 13.4. The monoisotopic (exact) mass is 209 g/mol. The van der Waals surface area contributed by atoms with Crippen LogP contribution < -0.4 is 5.73 Å². The number of H-pyrrole nitrogens is 1. The van der Waals surface area contributed by atoms with Crippen molar-refractivity contribution in [3.05, 3.63) is 28.9 Å². The molecule has 1 aromatic carbocycles. The molecular weight excluding hydrogens is 198 g/mol. The van der Waals surface area contributed by atoms with Gasteiger partial charge in [-0.25, -0.2) is 0 Å². The van der Waals surface area contributed by atoms with Crippen LogP contribution in [0.25, 0.3) is 10.9 Å². The van der Waals surface area contributed by atoms with Crippen LogP contribution in [0.2, 0.25) is 5.02 Å². The van der Waals surface area contributed by atoms with Crippen molar-refractivity contribution in [2.45, 2.75) is 19.4 Å². The van der Waals surface area contributed by atoms with Crippen LogP contribution in [-0.4, -0.2) is 16.2 Å². The summed E-state index contributed by atoms with van der Waals surface area (Å²) in [5, 5.41) is 8.87. The number of aromatic nitrogens is 2. The summed E-state index contributed by atoms with van der Waals surface area (Å²) in [5.41, 5.74) is 7.61. The van der Waals surface area contributed by atoms with Gasteiger partial charge in [0.1, 0.15) is 5.52 Å². The lowest BCUT2D eigenvalue weighted by molar-refractivity contribution is 0.722. The van der Waals surface area contributed by atoms with Crippen LogP contribution >= 0.6 is 11.6 Å². The van der Waals surface area contributed by atoms with Gasteiger partial charge in [-0.3, -0.25) is 5.10 Å². The van der Waals surface area contributed by atoms with E-state index >= 15 is 0 Å². The molecule has 74 valence electrons. The molecule has 3 N–H and O–H groups in total. The van der Waals surface area contributed by atoms with Crippen LogP contribution in [0.15, 0.2) is 18.2 Å². The van der Waals surface area contributed by atoms with Gasteiger partial charge in [0.25, 0.3) is 0 Å². The van der Waals surface area contributed by atoms with E-state index in [-0.39, 0.29) is 6.04 Å². The van der Waals surface area contributed by atoms with Gasteiger partial charge < -0.3 is 5.73 Å². The minimum Gasteiger partial charge on any atom is -0.328 e. The number of fused-ring (bicyclic) bond motifs is 1. The topological polar surface area (TPSA) is 54.7 Å². The first-order valence-corrected chi connectivity index (χ1v) is 4.93. The lowest BCUT2D eigenvalue weighted by atomic mass is 10.1. The highest BCUT2D eigenvalue weighted by Crippen LogP contribution is 2.23. The summed E-state index contributed by atoms with van der Waals surface area (Å²) < 4.78 is 0. The summed E-state index contributed by atoms with van der Waals surface area (Å²) >= 11 is 5.99. The molecule has 4 heteroatoms. The van der Waals surface area contributed by atoms with Crippen LogP contribution in [0, 0.1) is 0 Å². The van der Waals surface area contributed by atoms with Crippen molar-refractivity contribution < 1.29 is 0 Å². The number of benzene rings is 1. The Labute approximate surface area is 87.2 Å². The number of nitrogens with two attached hydrogens (primary N) is 1. The molecular formula is C10H12ClN3. The van der Waals surface area contributed by atoms with Gasteiger partial charge in [0.15, 0.2) is 0 Å². The van der Waals surface area contributed by atoms with Crippen LogP contribution in [0.4, 0.5) is 0 Å². The Morgan fingerprint density at radius 3 is 3.07 bits per heavy atom. The van der Waals surface area contributed by atoms with E-state index in [9.17, 15) is 0 Å². The molecule has 14 heavy (non-hydrogen) atoms. The second-order valence-electron chi connectivity index (χ2n) is 3.52. The minimum atomic E-state index is 0.123. The standard InChI is InChI=1S/C10H12ClN3/c1-6(12)5-9-7-3-2-4-8(11)10(7)14-13-9/h2-4,6H,5,12H2,1H3,(H,13,14). The molecule has 2 rings (SSSR count). The van der Waals surface area contributed by atoms with E-state index in [1.807, 2.05) is 25.1 Å². The number of hydrogen-bond donors (Lipinski definition) is 2. The van der Waals surface area contributed by atoms with E-state index in [4.69, 9.17) is 17.3 Å². The molecule has 1 unspecified atom stereocenters. The first-order chi connectivity index (χ1) is 6.68. The third kappa shape index (κ3) is 1.61. The molecule has 1 heterocycles. The highest BCUT2D eigenvalue weighted by Gasteiger charge is 2.08. The van der Waals surface area contributed by atoms with E-state index in [1.54, 1.807) is 0 Å². The lowest BCUT2D eigenvalue weighted by Crippen LogP contribution is -2.18. The molecule has 3 nitrogen and oxygen atoms in total. The molecule has 1 atom stereocenters. The zero-order valence-electron chi connectivity index (χ0n) is 7.92. The van der Waals surface area contributed by atoms with Crippen LogP contribution in [0.5, 0.6) is 0 Å². The van der Waals surface area contributed by atoms with E-state index in [2.05, 4.69) is 10.2 Å². The van der Waals surface area contributed by atoms with E-state index in [1.165, 1.54) is 0 Å². The average Bonchev–Trinajstić information content (AvgIpc) is 2.49. The van der Waals surface area contributed by atoms with Crippen molar-refractivity contribution >= 4 is 22.5 Å². The quantitative estimate of drug-likeness (QED) is 0.796. The SMILES string of the molecule is CC(N)Cc1[nH]nc2c(Cl)cccc12. The largest absolute Gasteiger partial charge is 0.328 e. The minimum absolute atomic E-state index is 0.123. The molecule has 2 aromatic rings. The van der Waals surface area contributed by atoms with E-state index < -0.39 is 0 Å². The lowest BCUT2D eigenvalue weighted by Gasteiger charge is -2.01. The molecule has 0 aliphatic rings. The number of aromatic amines is 1. The fraction of sp³-hybridized carbons (Fsp3) is 0.300. The predicted molar refractivity (Wildman–Crippen MR) is 58.5 cm³/mol. The Morgan fingerprint density at radius 1 is 1.57 bits per heavy atom. The highest BCUT2D eigenvalue weighted by atomic mass is 35.5. The summed E-state index contributed by atoms with van der Waals surface area (Å²) in [6, 6.07) is 5.88. The number of hydrogen-bond acceptors (Lipinski definition) is 2. The fourth-order valence-electron chi connectivity index (χ4n) is 1.53. The van der Waals surface area contributed by atoms with E-state index in [0.29, 0.717) is 5.02 Å². The van der Waals surface area contributed by atoms with Gasteiger partial charge in [-0.05, 0) is 13.0 Å². The summed E-state index contributed by atoms with van der Waals surface area (Å²) in [7, 11) is 0. The number of nitrogens with one attached hydrogen (secondary N) is 1. The van der Waals surface area contributed by atoms with Crippen LogP contribution in [-0.2, 0) is 6.42 Å². The van der Waals surface area contributed by atoms with Gasteiger partial charge in [-0.1, -0.05) is 23.7 Å². The second kappa shape index (κ2) is 3.59. The third-order valence-electron chi connectivity index (χ3n) is 2.14. The predicted octanol–water partition coefficient (Wildman–Crippen LogP) is 2.11. The zero-order valence-corrected chi connectivity index (χ0v) is 8.67. The fourth-order valence-corrected chi connectivity index (χ4v) is 1.75. The van der Waals surface area contributed by atoms with Crippen molar-refractivity contribution in [1.82, 2.24) is 10.2 Å². The molecule has 0 aliphatic carbocycles. The Hall–Kier alpha value is -1.06. The summed E-state index contributed by atoms with van der Waals surface area (Å²) in [6.07, 6.45) is 0.789. The molecule has 1 aromatic heterocycles. The molecule has 0 amide bonds. The smallest absolute Gasteiger partial charge is 0.111 e. The van der Waals surface area contributed by atoms with Crippen molar-refractivity contribution in [1.29, 1.82) is 0 Å². The van der Waals surface area contributed by atoms with Gasteiger partial charge in [0, 0.05) is 23.5 Å². The molecule has 0 aliphatic heterocycles. The highest BCUT2D eigenvalue weighted by molar-refractivity contribution is 6.35. The Kier molecular flexibility index (Phi) is 2.44. The summed E-state index contributed by atoms with van der Waals surface area (Å²) in [6.45, 7) is 1.97. The Balaban J connectivity index is 2.52. The van der Waals surface area contributed by atoms with E-state index in [0.717, 1.165) is 23.0 Å². The van der Waals surface area contributed by atoms with Gasteiger partial charge in [-0.15, -0.1) is 0 Å². The summed E-state index contributed by atoms with van der Waals surface area (Å²) in [4.78, 5) is 0. The first-order valence-electron chi connectivity index (χ1n) is 4.55. The summed E-state index contributed by atoms with van der Waals surface area (Å²) in [5.74, 6) is 0. The number of halogens is 1. The van der Waals surface area contributed by atoms with Crippen molar-refractivity contribution in [2.24, 2.45) is 5.73 Å².